The molecule has 0 fully saturated rings. The maximum Gasteiger partial charge on any atom is 0.166 e. The fourth-order valence-electron chi connectivity index (χ4n) is 2.73. The summed E-state index contributed by atoms with van der Waals surface area (Å²) in [6, 6.07) is 2.23. The lowest BCUT2D eigenvalue weighted by atomic mass is 10.0. The van der Waals surface area contributed by atoms with Gasteiger partial charge in [-0.3, -0.25) is 0 Å². The van der Waals surface area contributed by atoms with Crippen LogP contribution in [0.4, 0.5) is 0 Å². The predicted octanol–water partition coefficient (Wildman–Crippen LogP) is 2.31. The first-order valence-electron chi connectivity index (χ1n) is 6.31. The standard InChI is InChI=1S/C14H21NO3/c1-5-15-10-7-6-9-11(16-2)8-12(17-3)14(18-4)13(9)10/h8,10,15H,5-7H2,1-4H3. The molecule has 0 bridgehead atoms. The molecule has 1 atom stereocenters. The highest BCUT2D eigenvalue weighted by Crippen LogP contribution is 2.47. The number of benzene rings is 1. The van der Waals surface area contributed by atoms with Crippen LogP contribution >= 0.6 is 0 Å². The summed E-state index contributed by atoms with van der Waals surface area (Å²) in [5.41, 5.74) is 2.43. The Morgan fingerprint density at radius 2 is 1.89 bits per heavy atom. The van der Waals surface area contributed by atoms with Crippen LogP contribution in [0, 0.1) is 0 Å². The number of hydrogen-bond acceptors (Lipinski definition) is 4. The SMILES string of the molecule is CCNC1CCc2c(OC)cc(OC)c(OC)c21. The van der Waals surface area contributed by atoms with Gasteiger partial charge in [-0.1, -0.05) is 6.92 Å². The smallest absolute Gasteiger partial charge is 0.166 e. The molecule has 1 aromatic carbocycles. The van der Waals surface area contributed by atoms with Gasteiger partial charge >= 0.3 is 0 Å². The van der Waals surface area contributed by atoms with Gasteiger partial charge in [0.2, 0.25) is 0 Å². The summed E-state index contributed by atoms with van der Waals surface area (Å²) in [5, 5.41) is 3.49. The van der Waals surface area contributed by atoms with Crippen LogP contribution in [-0.2, 0) is 6.42 Å². The van der Waals surface area contributed by atoms with E-state index in [9.17, 15) is 0 Å². The molecule has 1 aliphatic carbocycles. The minimum atomic E-state index is 0.323. The summed E-state index contributed by atoms with van der Waals surface area (Å²) < 4.78 is 16.4. The van der Waals surface area contributed by atoms with E-state index in [0.717, 1.165) is 36.6 Å². The molecule has 1 aromatic rings. The van der Waals surface area contributed by atoms with E-state index in [2.05, 4.69) is 12.2 Å². The third-order valence-electron chi connectivity index (χ3n) is 3.48. The molecule has 0 heterocycles. The Bertz CT molecular complexity index is 432. The molecule has 100 valence electrons. The van der Waals surface area contributed by atoms with Crippen molar-refractivity contribution in [2.75, 3.05) is 27.9 Å². The summed E-state index contributed by atoms with van der Waals surface area (Å²) in [4.78, 5) is 0. The van der Waals surface area contributed by atoms with Gasteiger partial charge < -0.3 is 19.5 Å². The first-order valence-corrected chi connectivity index (χ1v) is 6.31. The first-order chi connectivity index (χ1) is 8.76. The Kier molecular flexibility index (Phi) is 3.97. The van der Waals surface area contributed by atoms with Crippen molar-refractivity contribution in [1.29, 1.82) is 0 Å². The fourth-order valence-corrected chi connectivity index (χ4v) is 2.73. The summed E-state index contributed by atoms with van der Waals surface area (Å²) in [7, 11) is 5.04. The maximum atomic E-state index is 5.53. The van der Waals surface area contributed by atoms with Crippen molar-refractivity contribution in [3.05, 3.63) is 17.2 Å². The second-order valence-corrected chi connectivity index (χ2v) is 4.36. The van der Waals surface area contributed by atoms with Crippen molar-refractivity contribution in [3.8, 4) is 17.2 Å². The summed E-state index contributed by atoms with van der Waals surface area (Å²) in [6.45, 7) is 3.05. The van der Waals surface area contributed by atoms with E-state index in [4.69, 9.17) is 14.2 Å². The molecule has 18 heavy (non-hydrogen) atoms. The Hall–Kier alpha value is -1.42. The van der Waals surface area contributed by atoms with E-state index in [1.165, 1.54) is 11.1 Å². The van der Waals surface area contributed by atoms with Crippen molar-refractivity contribution >= 4 is 0 Å². The molecule has 0 saturated carbocycles. The Morgan fingerprint density at radius 1 is 1.17 bits per heavy atom. The number of nitrogens with one attached hydrogen (secondary N) is 1. The molecule has 1 N–H and O–H groups in total. The van der Waals surface area contributed by atoms with Crippen LogP contribution in [0.5, 0.6) is 17.2 Å². The van der Waals surface area contributed by atoms with E-state index in [-0.39, 0.29) is 0 Å². The lowest BCUT2D eigenvalue weighted by Crippen LogP contribution is -2.19. The normalized spacial score (nSPS) is 17.4. The van der Waals surface area contributed by atoms with Gasteiger partial charge in [-0.2, -0.15) is 0 Å². The van der Waals surface area contributed by atoms with Crippen molar-refractivity contribution in [1.82, 2.24) is 5.32 Å². The highest BCUT2D eigenvalue weighted by Gasteiger charge is 2.31. The van der Waals surface area contributed by atoms with Gasteiger partial charge in [-0.25, -0.2) is 0 Å². The predicted molar refractivity (Wildman–Crippen MR) is 70.8 cm³/mol. The van der Waals surface area contributed by atoms with Gasteiger partial charge in [0.15, 0.2) is 11.5 Å². The minimum absolute atomic E-state index is 0.323. The summed E-state index contributed by atoms with van der Waals surface area (Å²) in [6.07, 6.45) is 2.08. The van der Waals surface area contributed by atoms with Crippen LogP contribution in [0.25, 0.3) is 0 Å². The Balaban J connectivity index is 2.56. The zero-order valence-electron chi connectivity index (χ0n) is 11.5. The molecule has 0 saturated heterocycles. The third-order valence-corrected chi connectivity index (χ3v) is 3.48. The highest BCUT2D eigenvalue weighted by molar-refractivity contribution is 5.60. The molecule has 4 nitrogen and oxygen atoms in total. The van der Waals surface area contributed by atoms with Gasteiger partial charge in [0, 0.05) is 23.2 Å². The lowest BCUT2D eigenvalue weighted by Gasteiger charge is -2.19. The molecule has 2 rings (SSSR count). The molecule has 1 unspecified atom stereocenters. The zero-order valence-corrected chi connectivity index (χ0v) is 11.5. The molecule has 1 aliphatic rings. The van der Waals surface area contributed by atoms with Gasteiger partial charge in [0.05, 0.1) is 21.3 Å². The number of hydrogen-bond donors (Lipinski definition) is 1. The average Bonchev–Trinajstić information content (AvgIpc) is 2.81. The van der Waals surface area contributed by atoms with Crippen LogP contribution in [0.2, 0.25) is 0 Å². The first kappa shape index (κ1) is 13.0. The number of rotatable bonds is 5. The lowest BCUT2D eigenvalue weighted by molar-refractivity contribution is 0.342. The number of fused-ring (bicyclic) bond motifs is 1. The van der Waals surface area contributed by atoms with E-state index in [1.807, 2.05) is 6.07 Å². The minimum Gasteiger partial charge on any atom is -0.496 e. The van der Waals surface area contributed by atoms with Crippen LogP contribution in [0.3, 0.4) is 0 Å². The fraction of sp³-hybridized carbons (Fsp3) is 0.571. The molecule has 0 spiro atoms. The van der Waals surface area contributed by atoms with Crippen LogP contribution in [0.15, 0.2) is 6.07 Å². The third kappa shape index (κ3) is 2.01. The van der Waals surface area contributed by atoms with E-state index < -0.39 is 0 Å². The monoisotopic (exact) mass is 251 g/mol. The van der Waals surface area contributed by atoms with E-state index in [0.29, 0.717) is 6.04 Å². The van der Waals surface area contributed by atoms with Gasteiger partial charge in [0.1, 0.15) is 5.75 Å². The number of ether oxygens (including phenoxy) is 3. The molecular formula is C14H21NO3. The topological polar surface area (TPSA) is 39.7 Å². The summed E-state index contributed by atoms with van der Waals surface area (Å²) in [5.74, 6) is 2.46. The van der Waals surface area contributed by atoms with Crippen molar-refractivity contribution in [2.24, 2.45) is 0 Å². The molecule has 0 aliphatic heterocycles. The Labute approximate surface area is 108 Å². The van der Waals surface area contributed by atoms with Crippen LogP contribution < -0.4 is 19.5 Å². The van der Waals surface area contributed by atoms with Gasteiger partial charge in [0.25, 0.3) is 0 Å². The van der Waals surface area contributed by atoms with Crippen molar-refractivity contribution in [3.63, 3.8) is 0 Å². The Morgan fingerprint density at radius 3 is 2.44 bits per heavy atom. The van der Waals surface area contributed by atoms with E-state index in [1.54, 1.807) is 21.3 Å². The maximum absolute atomic E-state index is 5.53. The van der Waals surface area contributed by atoms with Crippen LogP contribution in [-0.4, -0.2) is 27.9 Å². The van der Waals surface area contributed by atoms with Gasteiger partial charge in [-0.15, -0.1) is 0 Å². The molecule has 0 amide bonds. The second kappa shape index (κ2) is 5.48. The van der Waals surface area contributed by atoms with Crippen LogP contribution in [0.1, 0.15) is 30.5 Å². The molecule has 4 heteroatoms. The average molecular weight is 251 g/mol. The highest BCUT2D eigenvalue weighted by atomic mass is 16.5. The van der Waals surface area contributed by atoms with Crippen molar-refractivity contribution in [2.45, 2.75) is 25.8 Å². The zero-order chi connectivity index (χ0) is 13.1. The number of methoxy groups -OCH3 is 3. The molecular weight excluding hydrogens is 230 g/mol. The van der Waals surface area contributed by atoms with Gasteiger partial charge in [-0.05, 0) is 19.4 Å². The summed E-state index contributed by atoms with van der Waals surface area (Å²) >= 11 is 0. The molecule has 0 aromatic heterocycles. The van der Waals surface area contributed by atoms with Crippen molar-refractivity contribution < 1.29 is 14.2 Å². The largest absolute Gasteiger partial charge is 0.496 e. The quantitative estimate of drug-likeness (QED) is 0.871. The molecule has 0 radical (unpaired) electrons. The second-order valence-electron chi connectivity index (χ2n) is 4.36. The van der Waals surface area contributed by atoms with E-state index >= 15 is 0 Å².